The number of hydrogen-bond acceptors (Lipinski definition) is 2. The van der Waals surface area contributed by atoms with Crippen LogP contribution in [0.5, 0.6) is 0 Å². The predicted octanol–water partition coefficient (Wildman–Crippen LogP) is 1.07. The zero-order valence-corrected chi connectivity index (χ0v) is 6.49. The average Bonchev–Trinajstić information content (AvgIpc) is 1.82. The molecular weight excluding hydrogens is 128 g/mol. The Balaban J connectivity index is 3.92. The summed E-state index contributed by atoms with van der Waals surface area (Å²) >= 11 is 0. The smallest absolute Gasteiger partial charge is 0.220 e. The van der Waals surface area contributed by atoms with Gasteiger partial charge in [-0.2, -0.15) is 0 Å². The van der Waals surface area contributed by atoms with Crippen molar-refractivity contribution >= 4 is 11.6 Å². The van der Waals surface area contributed by atoms with Crippen molar-refractivity contribution < 1.29 is 4.79 Å². The van der Waals surface area contributed by atoms with Gasteiger partial charge in [0.25, 0.3) is 0 Å². The summed E-state index contributed by atoms with van der Waals surface area (Å²) in [5.74, 6) is -0.111. The molecule has 0 bridgehead atoms. The number of nitrogens with one attached hydrogen (secondary N) is 2. The summed E-state index contributed by atoms with van der Waals surface area (Å²) in [5, 5.41) is 9.61. The Labute approximate surface area is 60.6 Å². The third kappa shape index (κ3) is 3.83. The highest BCUT2D eigenvalue weighted by Gasteiger charge is 1.90. The molecule has 0 rings (SSSR count). The van der Waals surface area contributed by atoms with Crippen molar-refractivity contribution in [2.24, 2.45) is 0 Å². The van der Waals surface area contributed by atoms with E-state index in [0.717, 1.165) is 5.57 Å². The van der Waals surface area contributed by atoms with Crippen molar-refractivity contribution in [3.05, 3.63) is 11.8 Å². The van der Waals surface area contributed by atoms with Crippen LogP contribution in [0.2, 0.25) is 0 Å². The normalized spacial score (nSPS) is 10.9. The standard InChI is InChI=1S/C7H12N2O/c1-5(6(2)8)4-9-7(3)10/h4,8H,1-3H3,(H,9,10)/b5-4-,8-6?. The third-order valence-corrected chi connectivity index (χ3v) is 1.08. The van der Waals surface area contributed by atoms with Gasteiger partial charge in [0.15, 0.2) is 0 Å². The first-order valence-electron chi connectivity index (χ1n) is 3.03. The molecule has 0 aromatic carbocycles. The Morgan fingerprint density at radius 1 is 1.40 bits per heavy atom. The molecule has 3 nitrogen and oxygen atoms in total. The molecule has 2 N–H and O–H groups in total. The minimum absolute atomic E-state index is 0.111. The van der Waals surface area contributed by atoms with Crippen LogP contribution < -0.4 is 5.32 Å². The number of carbonyl (C=O) groups excluding carboxylic acids is 1. The molecule has 10 heavy (non-hydrogen) atoms. The first-order valence-corrected chi connectivity index (χ1v) is 3.03. The highest BCUT2D eigenvalue weighted by Crippen LogP contribution is 1.90. The second-order valence-corrected chi connectivity index (χ2v) is 2.15. The van der Waals surface area contributed by atoms with Gasteiger partial charge in [-0.25, -0.2) is 0 Å². The Morgan fingerprint density at radius 3 is 2.20 bits per heavy atom. The van der Waals surface area contributed by atoms with Gasteiger partial charge in [0.1, 0.15) is 0 Å². The fourth-order valence-corrected chi connectivity index (χ4v) is 0.318. The van der Waals surface area contributed by atoms with Crippen molar-refractivity contribution in [1.82, 2.24) is 5.32 Å². The van der Waals surface area contributed by atoms with Crippen molar-refractivity contribution in [2.45, 2.75) is 20.8 Å². The molecule has 0 saturated heterocycles. The molecule has 0 aliphatic carbocycles. The number of rotatable bonds is 2. The van der Waals surface area contributed by atoms with E-state index >= 15 is 0 Å². The molecule has 3 heteroatoms. The van der Waals surface area contributed by atoms with Gasteiger partial charge in [-0.05, 0) is 19.4 Å². The first kappa shape index (κ1) is 8.88. The zero-order valence-electron chi connectivity index (χ0n) is 6.49. The molecule has 0 spiro atoms. The Hall–Kier alpha value is -1.12. The molecular formula is C7H12N2O. The van der Waals surface area contributed by atoms with Crippen LogP contribution >= 0.6 is 0 Å². The van der Waals surface area contributed by atoms with E-state index in [1.807, 2.05) is 0 Å². The maximum absolute atomic E-state index is 10.3. The highest BCUT2D eigenvalue weighted by molar-refractivity contribution is 5.95. The summed E-state index contributed by atoms with van der Waals surface area (Å²) in [6.07, 6.45) is 1.53. The molecule has 0 aliphatic heterocycles. The molecule has 0 aromatic rings. The second kappa shape index (κ2) is 3.82. The second-order valence-electron chi connectivity index (χ2n) is 2.15. The number of allylic oxidation sites excluding steroid dienone is 1. The van der Waals surface area contributed by atoms with E-state index in [0.29, 0.717) is 5.71 Å². The topological polar surface area (TPSA) is 53.0 Å². The van der Waals surface area contributed by atoms with E-state index in [9.17, 15) is 4.79 Å². The van der Waals surface area contributed by atoms with Crippen LogP contribution in [0.3, 0.4) is 0 Å². The number of carbonyl (C=O) groups is 1. The van der Waals surface area contributed by atoms with E-state index < -0.39 is 0 Å². The van der Waals surface area contributed by atoms with Crippen molar-refractivity contribution in [3.8, 4) is 0 Å². The fourth-order valence-electron chi connectivity index (χ4n) is 0.318. The Morgan fingerprint density at radius 2 is 1.90 bits per heavy atom. The summed E-state index contributed by atoms with van der Waals surface area (Å²) in [6, 6.07) is 0. The van der Waals surface area contributed by atoms with Crippen molar-refractivity contribution in [3.63, 3.8) is 0 Å². The van der Waals surface area contributed by atoms with Gasteiger partial charge in [-0.3, -0.25) is 4.79 Å². The lowest BCUT2D eigenvalue weighted by molar-refractivity contribution is -0.118. The Kier molecular flexibility index (Phi) is 3.39. The van der Waals surface area contributed by atoms with Gasteiger partial charge in [-0.15, -0.1) is 0 Å². The SMILES string of the molecule is CC(=N)/C(C)=C\NC(C)=O. The van der Waals surface area contributed by atoms with Gasteiger partial charge >= 0.3 is 0 Å². The summed E-state index contributed by atoms with van der Waals surface area (Å²) < 4.78 is 0. The van der Waals surface area contributed by atoms with Gasteiger partial charge < -0.3 is 10.7 Å². The van der Waals surface area contributed by atoms with Crippen LogP contribution in [0.1, 0.15) is 20.8 Å². The van der Waals surface area contributed by atoms with Crippen molar-refractivity contribution in [2.75, 3.05) is 0 Å². The van der Waals surface area contributed by atoms with Crippen LogP contribution in [-0.4, -0.2) is 11.6 Å². The zero-order chi connectivity index (χ0) is 8.15. The van der Waals surface area contributed by atoms with E-state index in [2.05, 4.69) is 5.32 Å². The molecule has 0 atom stereocenters. The summed E-state index contributed by atoms with van der Waals surface area (Å²) in [5.41, 5.74) is 1.24. The van der Waals surface area contributed by atoms with E-state index in [4.69, 9.17) is 5.41 Å². The number of hydrogen-bond donors (Lipinski definition) is 2. The van der Waals surface area contributed by atoms with Crippen LogP contribution in [-0.2, 0) is 4.79 Å². The summed E-state index contributed by atoms with van der Waals surface area (Å²) in [7, 11) is 0. The number of amides is 1. The first-order chi connectivity index (χ1) is 4.54. The molecule has 0 aliphatic rings. The quantitative estimate of drug-likeness (QED) is 0.554. The van der Waals surface area contributed by atoms with Crippen LogP contribution in [0.4, 0.5) is 0 Å². The molecule has 0 radical (unpaired) electrons. The molecule has 0 fully saturated rings. The Bertz CT molecular complexity index is 182. The molecule has 1 amide bonds. The minimum atomic E-state index is -0.111. The van der Waals surface area contributed by atoms with Gasteiger partial charge in [-0.1, -0.05) is 0 Å². The summed E-state index contributed by atoms with van der Waals surface area (Å²) in [6.45, 7) is 4.88. The molecule has 0 unspecified atom stereocenters. The van der Waals surface area contributed by atoms with E-state index in [1.165, 1.54) is 13.1 Å². The molecule has 0 saturated carbocycles. The van der Waals surface area contributed by atoms with Gasteiger partial charge in [0.2, 0.25) is 5.91 Å². The minimum Gasteiger partial charge on any atom is -0.333 e. The van der Waals surface area contributed by atoms with Gasteiger partial charge in [0.05, 0.1) is 0 Å². The average molecular weight is 140 g/mol. The molecule has 56 valence electrons. The van der Waals surface area contributed by atoms with Crippen molar-refractivity contribution in [1.29, 1.82) is 5.41 Å². The maximum Gasteiger partial charge on any atom is 0.220 e. The third-order valence-electron chi connectivity index (χ3n) is 1.08. The van der Waals surface area contributed by atoms with E-state index in [-0.39, 0.29) is 5.91 Å². The fraction of sp³-hybridized carbons (Fsp3) is 0.429. The van der Waals surface area contributed by atoms with Crippen LogP contribution in [0.15, 0.2) is 11.8 Å². The lowest BCUT2D eigenvalue weighted by Gasteiger charge is -1.96. The lowest BCUT2D eigenvalue weighted by atomic mass is 10.2. The maximum atomic E-state index is 10.3. The van der Waals surface area contributed by atoms with E-state index in [1.54, 1.807) is 13.8 Å². The van der Waals surface area contributed by atoms with Crippen LogP contribution in [0.25, 0.3) is 0 Å². The molecule has 0 aromatic heterocycles. The molecule has 0 heterocycles. The summed E-state index contributed by atoms with van der Waals surface area (Å²) in [4.78, 5) is 10.3. The van der Waals surface area contributed by atoms with Gasteiger partial charge in [0, 0.05) is 18.8 Å². The largest absolute Gasteiger partial charge is 0.333 e. The van der Waals surface area contributed by atoms with Crippen LogP contribution in [0, 0.1) is 5.41 Å². The predicted molar refractivity (Wildman–Crippen MR) is 41.0 cm³/mol. The lowest BCUT2D eigenvalue weighted by Crippen LogP contribution is -2.13. The highest BCUT2D eigenvalue weighted by atomic mass is 16.1. The monoisotopic (exact) mass is 140 g/mol.